The van der Waals surface area contributed by atoms with Gasteiger partial charge in [0.25, 0.3) is 0 Å². The molecule has 1 aromatic heterocycles. The van der Waals surface area contributed by atoms with Crippen LogP contribution in [0.5, 0.6) is 5.75 Å². The molecule has 0 radical (unpaired) electrons. The fourth-order valence-electron chi connectivity index (χ4n) is 1.95. The second-order valence-electron chi connectivity index (χ2n) is 4.71. The first-order chi connectivity index (χ1) is 10.2. The SMILES string of the molecule is COCCNCc1cccc(Br)c1OCc1cnn(C)c1. The van der Waals surface area contributed by atoms with Crippen molar-refractivity contribution in [3.8, 4) is 5.75 Å². The molecule has 2 aromatic rings. The van der Waals surface area contributed by atoms with E-state index >= 15 is 0 Å². The van der Waals surface area contributed by atoms with E-state index < -0.39 is 0 Å². The molecule has 5 nitrogen and oxygen atoms in total. The second kappa shape index (κ2) is 8.17. The predicted octanol–water partition coefficient (Wildman–Crippen LogP) is 2.50. The smallest absolute Gasteiger partial charge is 0.138 e. The first-order valence-corrected chi connectivity index (χ1v) is 7.57. The van der Waals surface area contributed by atoms with E-state index in [2.05, 4.69) is 32.4 Å². The molecule has 114 valence electrons. The van der Waals surface area contributed by atoms with E-state index in [1.54, 1.807) is 11.8 Å². The van der Waals surface area contributed by atoms with Crippen molar-refractivity contribution in [3.05, 3.63) is 46.2 Å². The number of para-hydroxylation sites is 1. The van der Waals surface area contributed by atoms with Crippen molar-refractivity contribution in [2.45, 2.75) is 13.2 Å². The molecule has 0 spiro atoms. The molecule has 0 aliphatic rings. The Morgan fingerprint density at radius 2 is 2.24 bits per heavy atom. The molecule has 0 fully saturated rings. The summed E-state index contributed by atoms with van der Waals surface area (Å²) in [6.45, 7) is 2.75. The van der Waals surface area contributed by atoms with Gasteiger partial charge in [0.1, 0.15) is 12.4 Å². The highest BCUT2D eigenvalue weighted by atomic mass is 79.9. The molecule has 6 heteroatoms. The van der Waals surface area contributed by atoms with E-state index in [0.717, 1.165) is 34.4 Å². The summed E-state index contributed by atoms with van der Waals surface area (Å²) in [6, 6.07) is 6.05. The van der Waals surface area contributed by atoms with Gasteiger partial charge in [0.2, 0.25) is 0 Å². The second-order valence-corrected chi connectivity index (χ2v) is 5.56. The van der Waals surface area contributed by atoms with Crippen molar-refractivity contribution in [2.24, 2.45) is 7.05 Å². The van der Waals surface area contributed by atoms with Gasteiger partial charge in [-0.2, -0.15) is 5.10 Å². The zero-order chi connectivity index (χ0) is 15.1. The van der Waals surface area contributed by atoms with Gasteiger partial charge in [0.15, 0.2) is 0 Å². The third-order valence-electron chi connectivity index (χ3n) is 2.99. The Hall–Kier alpha value is -1.37. The minimum Gasteiger partial charge on any atom is -0.487 e. The Kier molecular flexibility index (Phi) is 6.22. The van der Waals surface area contributed by atoms with Crippen molar-refractivity contribution < 1.29 is 9.47 Å². The summed E-state index contributed by atoms with van der Waals surface area (Å²) < 4.78 is 13.7. The lowest BCUT2D eigenvalue weighted by Gasteiger charge is -2.13. The first kappa shape index (κ1) is 16.0. The number of nitrogens with one attached hydrogen (secondary N) is 1. The third kappa shape index (κ3) is 4.84. The molecule has 2 rings (SSSR count). The van der Waals surface area contributed by atoms with E-state index in [0.29, 0.717) is 13.2 Å². The molecule has 1 aromatic carbocycles. The predicted molar refractivity (Wildman–Crippen MR) is 85.3 cm³/mol. The molecular weight excluding hydrogens is 334 g/mol. The zero-order valence-corrected chi connectivity index (χ0v) is 13.9. The summed E-state index contributed by atoms with van der Waals surface area (Å²) in [7, 11) is 3.59. The zero-order valence-electron chi connectivity index (χ0n) is 12.3. The van der Waals surface area contributed by atoms with Crippen molar-refractivity contribution in [1.29, 1.82) is 0 Å². The molecular formula is C15H20BrN3O2. The van der Waals surface area contributed by atoms with Gasteiger partial charge in [0, 0.05) is 44.6 Å². The third-order valence-corrected chi connectivity index (χ3v) is 3.61. The maximum Gasteiger partial charge on any atom is 0.138 e. The normalized spacial score (nSPS) is 10.8. The van der Waals surface area contributed by atoms with Gasteiger partial charge in [0.05, 0.1) is 17.3 Å². The number of hydrogen-bond acceptors (Lipinski definition) is 4. The highest BCUT2D eigenvalue weighted by molar-refractivity contribution is 9.10. The molecule has 0 atom stereocenters. The first-order valence-electron chi connectivity index (χ1n) is 6.78. The Balaban J connectivity index is 1.99. The van der Waals surface area contributed by atoms with Crippen LogP contribution >= 0.6 is 15.9 Å². The Labute approximate surface area is 133 Å². The quantitative estimate of drug-likeness (QED) is 0.740. The Morgan fingerprint density at radius 1 is 1.38 bits per heavy atom. The summed E-state index contributed by atoms with van der Waals surface area (Å²) in [5, 5.41) is 7.47. The fraction of sp³-hybridized carbons (Fsp3) is 0.400. The van der Waals surface area contributed by atoms with Gasteiger partial charge in [-0.15, -0.1) is 0 Å². The summed E-state index contributed by atoms with van der Waals surface area (Å²) in [5.74, 6) is 0.867. The lowest BCUT2D eigenvalue weighted by molar-refractivity contribution is 0.199. The molecule has 0 aliphatic carbocycles. The number of methoxy groups -OCH3 is 1. The van der Waals surface area contributed by atoms with Gasteiger partial charge in [-0.3, -0.25) is 4.68 Å². The average molecular weight is 354 g/mol. The fourth-order valence-corrected chi connectivity index (χ4v) is 2.48. The number of ether oxygens (including phenoxy) is 2. The van der Waals surface area contributed by atoms with Gasteiger partial charge in [-0.25, -0.2) is 0 Å². The van der Waals surface area contributed by atoms with Crippen LogP contribution in [0.15, 0.2) is 35.1 Å². The summed E-state index contributed by atoms with van der Waals surface area (Å²) in [4.78, 5) is 0. The number of hydrogen-bond donors (Lipinski definition) is 1. The number of benzene rings is 1. The van der Waals surface area contributed by atoms with Crippen LogP contribution in [0.3, 0.4) is 0 Å². The van der Waals surface area contributed by atoms with Crippen LogP contribution < -0.4 is 10.1 Å². The van der Waals surface area contributed by atoms with Crippen LogP contribution in [0.1, 0.15) is 11.1 Å². The largest absolute Gasteiger partial charge is 0.487 e. The van der Waals surface area contributed by atoms with E-state index in [4.69, 9.17) is 9.47 Å². The van der Waals surface area contributed by atoms with E-state index in [1.165, 1.54) is 0 Å². The maximum absolute atomic E-state index is 5.95. The number of rotatable bonds is 8. The lowest BCUT2D eigenvalue weighted by Crippen LogP contribution is -2.19. The molecule has 21 heavy (non-hydrogen) atoms. The van der Waals surface area contributed by atoms with Gasteiger partial charge in [-0.1, -0.05) is 12.1 Å². The molecule has 0 bridgehead atoms. The average Bonchev–Trinajstić information content (AvgIpc) is 2.88. The number of aryl methyl sites for hydroxylation is 1. The lowest BCUT2D eigenvalue weighted by atomic mass is 10.2. The van der Waals surface area contributed by atoms with Crippen molar-refractivity contribution in [2.75, 3.05) is 20.3 Å². The van der Waals surface area contributed by atoms with Crippen LogP contribution in [-0.4, -0.2) is 30.0 Å². The summed E-state index contributed by atoms with van der Waals surface area (Å²) in [6.07, 6.45) is 3.76. The van der Waals surface area contributed by atoms with Crippen molar-refractivity contribution >= 4 is 15.9 Å². The minimum absolute atomic E-state index is 0.502. The standard InChI is InChI=1S/C15H20BrN3O2/c1-19-10-12(8-18-19)11-21-15-13(4-3-5-14(15)16)9-17-6-7-20-2/h3-5,8,10,17H,6-7,9,11H2,1-2H3. The van der Waals surface area contributed by atoms with Crippen LogP contribution in [0, 0.1) is 0 Å². The van der Waals surface area contributed by atoms with Crippen LogP contribution in [0.25, 0.3) is 0 Å². The minimum atomic E-state index is 0.502. The maximum atomic E-state index is 5.95. The molecule has 0 saturated carbocycles. The monoisotopic (exact) mass is 353 g/mol. The molecule has 0 saturated heterocycles. The summed E-state index contributed by atoms with van der Waals surface area (Å²) in [5.41, 5.74) is 2.16. The topological polar surface area (TPSA) is 48.3 Å². The molecule has 0 aliphatic heterocycles. The van der Waals surface area contributed by atoms with Crippen LogP contribution in [0.4, 0.5) is 0 Å². The van der Waals surface area contributed by atoms with Crippen LogP contribution in [0.2, 0.25) is 0 Å². The molecule has 1 N–H and O–H groups in total. The molecule has 0 unspecified atom stereocenters. The van der Waals surface area contributed by atoms with E-state index in [9.17, 15) is 0 Å². The number of halogens is 1. The van der Waals surface area contributed by atoms with Gasteiger partial charge < -0.3 is 14.8 Å². The number of aromatic nitrogens is 2. The van der Waals surface area contributed by atoms with E-state index in [-0.39, 0.29) is 0 Å². The summed E-state index contributed by atoms with van der Waals surface area (Å²) >= 11 is 3.55. The Bertz CT molecular complexity index is 572. The molecule has 1 heterocycles. The highest BCUT2D eigenvalue weighted by Gasteiger charge is 2.08. The van der Waals surface area contributed by atoms with Crippen molar-refractivity contribution in [3.63, 3.8) is 0 Å². The Morgan fingerprint density at radius 3 is 2.95 bits per heavy atom. The van der Waals surface area contributed by atoms with Gasteiger partial charge >= 0.3 is 0 Å². The van der Waals surface area contributed by atoms with E-state index in [1.807, 2.05) is 31.6 Å². The van der Waals surface area contributed by atoms with Gasteiger partial charge in [-0.05, 0) is 22.0 Å². The highest BCUT2D eigenvalue weighted by Crippen LogP contribution is 2.29. The van der Waals surface area contributed by atoms with Crippen LogP contribution in [-0.2, 0) is 24.9 Å². The molecule has 0 amide bonds. The van der Waals surface area contributed by atoms with Crippen molar-refractivity contribution in [1.82, 2.24) is 15.1 Å². The number of nitrogens with zero attached hydrogens (tertiary/aromatic N) is 2.